The molecule has 0 aromatic heterocycles. The predicted molar refractivity (Wildman–Crippen MR) is 59.8 cm³/mol. The third-order valence-electron chi connectivity index (χ3n) is 2.71. The maximum absolute atomic E-state index is 5.96. The molecule has 1 nitrogen and oxygen atoms in total. The van der Waals surface area contributed by atoms with E-state index in [-0.39, 0.29) is 5.41 Å². The SMILES string of the molecule is CCOCCC(CCl)(CCl)C(C)C. The molecule has 0 spiro atoms. The van der Waals surface area contributed by atoms with E-state index < -0.39 is 0 Å². The Bertz CT molecular complexity index is 122. The first-order chi connectivity index (χ1) is 6.13. The molecule has 0 aliphatic carbocycles. The highest BCUT2D eigenvalue weighted by molar-refractivity contribution is 6.21. The first-order valence-electron chi connectivity index (χ1n) is 4.82. The second kappa shape index (κ2) is 6.92. The Morgan fingerprint density at radius 2 is 1.77 bits per heavy atom. The number of rotatable bonds is 7. The topological polar surface area (TPSA) is 9.23 Å². The fraction of sp³-hybridized carbons (Fsp3) is 1.00. The van der Waals surface area contributed by atoms with Crippen LogP contribution in [0.2, 0.25) is 0 Å². The van der Waals surface area contributed by atoms with Crippen molar-refractivity contribution in [2.45, 2.75) is 27.2 Å². The van der Waals surface area contributed by atoms with Crippen molar-refractivity contribution in [2.75, 3.05) is 25.0 Å². The molecule has 0 radical (unpaired) electrons. The maximum atomic E-state index is 5.96. The van der Waals surface area contributed by atoms with E-state index in [2.05, 4.69) is 13.8 Å². The van der Waals surface area contributed by atoms with Gasteiger partial charge in [0.1, 0.15) is 0 Å². The number of hydrogen-bond acceptors (Lipinski definition) is 1. The molecule has 0 bridgehead atoms. The zero-order valence-corrected chi connectivity index (χ0v) is 10.3. The Morgan fingerprint density at radius 1 is 1.23 bits per heavy atom. The van der Waals surface area contributed by atoms with Gasteiger partial charge in [-0.1, -0.05) is 13.8 Å². The van der Waals surface area contributed by atoms with Gasteiger partial charge in [-0.15, -0.1) is 23.2 Å². The van der Waals surface area contributed by atoms with E-state index in [0.717, 1.165) is 19.6 Å². The summed E-state index contributed by atoms with van der Waals surface area (Å²) in [6.07, 6.45) is 0.950. The van der Waals surface area contributed by atoms with Crippen molar-refractivity contribution >= 4 is 23.2 Å². The van der Waals surface area contributed by atoms with Crippen LogP contribution in [0.1, 0.15) is 27.2 Å². The van der Waals surface area contributed by atoms with Crippen LogP contribution in [0.15, 0.2) is 0 Å². The molecule has 3 heteroatoms. The molecule has 0 amide bonds. The number of alkyl halides is 2. The molecule has 0 saturated carbocycles. The van der Waals surface area contributed by atoms with Gasteiger partial charge in [0, 0.05) is 30.4 Å². The van der Waals surface area contributed by atoms with Crippen LogP contribution in [0.5, 0.6) is 0 Å². The van der Waals surface area contributed by atoms with Crippen LogP contribution < -0.4 is 0 Å². The molecule has 0 rings (SSSR count). The van der Waals surface area contributed by atoms with Crippen molar-refractivity contribution in [2.24, 2.45) is 11.3 Å². The molecule has 0 aliphatic rings. The highest BCUT2D eigenvalue weighted by atomic mass is 35.5. The van der Waals surface area contributed by atoms with E-state index in [4.69, 9.17) is 27.9 Å². The summed E-state index contributed by atoms with van der Waals surface area (Å²) in [6.45, 7) is 7.85. The number of halogens is 2. The maximum Gasteiger partial charge on any atom is 0.0472 e. The summed E-state index contributed by atoms with van der Waals surface area (Å²) in [5.74, 6) is 1.73. The van der Waals surface area contributed by atoms with Gasteiger partial charge in [-0.3, -0.25) is 0 Å². The first kappa shape index (κ1) is 13.5. The summed E-state index contributed by atoms with van der Waals surface area (Å²) in [6, 6.07) is 0. The number of ether oxygens (including phenoxy) is 1. The number of hydrogen-bond donors (Lipinski definition) is 0. The highest BCUT2D eigenvalue weighted by Gasteiger charge is 2.31. The summed E-state index contributed by atoms with van der Waals surface area (Å²) in [7, 11) is 0. The second-order valence-electron chi connectivity index (χ2n) is 3.73. The summed E-state index contributed by atoms with van der Waals surface area (Å²) in [5.41, 5.74) is 0.0400. The zero-order chi connectivity index (χ0) is 10.3. The molecule has 0 aromatic carbocycles. The Labute approximate surface area is 91.7 Å². The van der Waals surface area contributed by atoms with Gasteiger partial charge in [0.25, 0.3) is 0 Å². The lowest BCUT2D eigenvalue weighted by molar-refractivity contribution is 0.0993. The average molecular weight is 227 g/mol. The standard InChI is InChI=1S/C10H20Cl2O/c1-4-13-6-5-10(7-11,8-12)9(2)3/h9H,4-8H2,1-3H3. The second-order valence-corrected chi connectivity index (χ2v) is 4.27. The lowest BCUT2D eigenvalue weighted by atomic mass is 9.78. The summed E-state index contributed by atoms with van der Waals surface area (Å²) in [5, 5.41) is 0. The van der Waals surface area contributed by atoms with Crippen molar-refractivity contribution < 1.29 is 4.74 Å². The monoisotopic (exact) mass is 226 g/mol. The first-order valence-corrected chi connectivity index (χ1v) is 5.89. The zero-order valence-electron chi connectivity index (χ0n) is 8.78. The van der Waals surface area contributed by atoms with Crippen LogP contribution in [0.25, 0.3) is 0 Å². The van der Waals surface area contributed by atoms with Crippen LogP contribution >= 0.6 is 23.2 Å². The van der Waals surface area contributed by atoms with Crippen LogP contribution in [0.3, 0.4) is 0 Å². The molecular weight excluding hydrogens is 207 g/mol. The fourth-order valence-corrected chi connectivity index (χ4v) is 2.36. The normalized spacial score (nSPS) is 12.5. The molecule has 0 saturated heterocycles. The van der Waals surface area contributed by atoms with Gasteiger partial charge in [0.15, 0.2) is 0 Å². The van der Waals surface area contributed by atoms with E-state index in [1.807, 2.05) is 6.92 Å². The van der Waals surface area contributed by atoms with Gasteiger partial charge < -0.3 is 4.74 Å². The average Bonchev–Trinajstić information content (AvgIpc) is 2.13. The highest BCUT2D eigenvalue weighted by Crippen LogP contribution is 2.34. The van der Waals surface area contributed by atoms with Crippen LogP contribution in [0, 0.1) is 11.3 Å². The Balaban J connectivity index is 4.06. The van der Waals surface area contributed by atoms with E-state index in [0.29, 0.717) is 17.7 Å². The third-order valence-corrected chi connectivity index (χ3v) is 3.77. The van der Waals surface area contributed by atoms with Gasteiger partial charge in [0.2, 0.25) is 0 Å². The molecule has 0 fully saturated rings. The Hall–Kier alpha value is 0.540. The summed E-state index contributed by atoms with van der Waals surface area (Å²) >= 11 is 11.9. The van der Waals surface area contributed by atoms with Crippen LogP contribution in [0.4, 0.5) is 0 Å². The molecule has 0 unspecified atom stereocenters. The molecule has 0 atom stereocenters. The Kier molecular flexibility index (Phi) is 7.20. The molecular formula is C10H20Cl2O. The lowest BCUT2D eigenvalue weighted by Crippen LogP contribution is -2.33. The molecule has 0 heterocycles. The summed E-state index contributed by atoms with van der Waals surface area (Å²) < 4.78 is 5.33. The molecule has 0 N–H and O–H groups in total. The predicted octanol–water partition coefficient (Wildman–Crippen LogP) is 3.53. The van der Waals surface area contributed by atoms with Crippen molar-refractivity contribution in [1.82, 2.24) is 0 Å². The van der Waals surface area contributed by atoms with Crippen molar-refractivity contribution in [3.8, 4) is 0 Å². The van der Waals surface area contributed by atoms with Crippen LogP contribution in [-0.2, 0) is 4.74 Å². The van der Waals surface area contributed by atoms with Crippen molar-refractivity contribution in [3.63, 3.8) is 0 Å². The van der Waals surface area contributed by atoms with Gasteiger partial charge in [0.05, 0.1) is 0 Å². The smallest absolute Gasteiger partial charge is 0.0472 e. The quantitative estimate of drug-likeness (QED) is 0.477. The molecule has 0 aliphatic heterocycles. The minimum Gasteiger partial charge on any atom is -0.382 e. The van der Waals surface area contributed by atoms with E-state index in [1.54, 1.807) is 0 Å². The van der Waals surface area contributed by atoms with E-state index >= 15 is 0 Å². The van der Waals surface area contributed by atoms with Gasteiger partial charge in [-0.05, 0) is 19.3 Å². The fourth-order valence-electron chi connectivity index (χ4n) is 1.19. The summed E-state index contributed by atoms with van der Waals surface area (Å²) in [4.78, 5) is 0. The minimum atomic E-state index is 0.0400. The van der Waals surface area contributed by atoms with E-state index in [9.17, 15) is 0 Å². The van der Waals surface area contributed by atoms with Gasteiger partial charge in [-0.2, -0.15) is 0 Å². The minimum absolute atomic E-state index is 0.0400. The van der Waals surface area contributed by atoms with Crippen molar-refractivity contribution in [3.05, 3.63) is 0 Å². The largest absolute Gasteiger partial charge is 0.382 e. The molecule has 80 valence electrons. The van der Waals surface area contributed by atoms with Gasteiger partial charge >= 0.3 is 0 Å². The van der Waals surface area contributed by atoms with Crippen LogP contribution in [-0.4, -0.2) is 25.0 Å². The molecule has 13 heavy (non-hydrogen) atoms. The molecule has 0 aromatic rings. The lowest BCUT2D eigenvalue weighted by Gasteiger charge is -2.33. The van der Waals surface area contributed by atoms with E-state index in [1.165, 1.54) is 0 Å². The third kappa shape index (κ3) is 4.05. The Morgan fingerprint density at radius 3 is 2.08 bits per heavy atom. The van der Waals surface area contributed by atoms with Gasteiger partial charge in [-0.25, -0.2) is 0 Å². The van der Waals surface area contributed by atoms with Crippen molar-refractivity contribution in [1.29, 1.82) is 0 Å².